The number of nitrogens with one attached hydrogen (secondary N) is 2. The Morgan fingerprint density at radius 1 is 1.00 bits per heavy atom. The molecule has 0 saturated heterocycles. The summed E-state index contributed by atoms with van der Waals surface area (Å²) in [7, 11) is 3.19. The Morgan fingerprint density at radius 3 is 2.48 bits per heavy atom. The van der Waals surface area contributed by atoms with Gasteiger partial charge in [-0.15, -0.1) is 0 Å². The molecule has 0 aliphatic rings. The number of ether oxygens (including phenoxy) is 2. The van der Waals surface area contributed by atoms with E-state index >= 15 is 0 Å². The number of rotatable bonds is 10. The number of amides is 2. The van der Waals surface area contributed by atoms with Gasteiger partial charge in [0, 0.05) is 18.2 Å². The van der Waals surface area contributed by atoms with Crippen LogP contribution in [0.5, 0.6) is 11.5 Å². The third-order valence-corrected chi connectivity index (χ3v) is 5.09. The van der Waals surface area contributed by atoms with Crippen LogP contribution in [-0.2, 0) is 11.2 Å². The maximum Gasteiger partial charge on any atom is 0.267 e. The Balaban J connectivity index is 1.62. The highest BCUT2D eigenvalue weighted by Gasteiger charge is 2.16. The first-order chi connectivity index (χ1) is 16.0. The zero-order chi connectivity index (χ0) is 23.6. The van der Waals surface area contributed by atoms with E-state index in [1.54, 1.807) is 38.5 Å². The molecule has 3 rings (SSSR count). The van der Waals surface area contributed by atoms with Crippen molar-refractivity contribution >= 4 is 17.9 Å². The van der Waals surface area contributed by atoms with Crippen molar-refractivity contribution in [1.29, 1.82) is 0 Å². The van der Waals surface area contributed by atoms with Crippen LogP contribution in [0.1, 0.15) is 33.7 Å². The van der Waals surface area contributed by atoms with Crippen LogP contribution in [0.15, 0.2) is 71.0 Å². The molecule has 0 fully saturated rings. The molecule has 0 unspecified atom stereocenters. The normalized spacial score (nSPS) is 11.1. The van der Waals surface area contributed by atoms with E-state index in [-0.39, 0.29) is 17.5 Å². The number of hydrogen-bond donors (Lipinski definition) is 2. The third kappa shape index (κ3) is 6.49. The van der Waals surface area contributed by atoms with Gasteiger partial charge >= 0.3 is 0 Å². The highest BCUT2D eigenvalue weighted by atomic mass is 16.5. The number of carbonyl (C=O) groups is 2. The zero-order valence-electron chi connectivity index (χ0n) is 19.0. The second kappa shape index (κ2) is 11.6. The molecule has 7 heteroatoms. The number of aryl methyl sites for hydroxylation is 2. The number of methoxy groups -OCH3 is 2. The quantitative estimate of drug-likeness (QED) is 0.360. The van der Waals surface area contributed by atoms with Crippen LogP contribution < -0.4 is 20.1 Å². The Morgan fingerprint density at radius 2 is 1.79 bits per heavy atom. The summed E-state index contributed by atoms with van der Waals surface area (Å²) < 4.78 is 15.9. The smallest absolute Gasteiger partial charge is 0.267 e. The van der Waals surface area contributed by atoms with E-state index in [1.807, 2.05) is 37.3 Å². The second-order valence-corrected chi connectivity index (χ2v) is 7.39. The molecule has 1 heterocycles. The molecule has 1 aromatic heterocycles. The second-order valence-electron chi connectivity index (χ2n) is 7.39. The van der Waals surface area contributed by atoms with Crippen LogP contribution in [0.2, 0.25) is 0 Å². The highest BCUT2D eigenvalue weighted by molar-refractivity contribution is 6.05. The lowest BCUT2D eigenvalue weighted by Gasteiger charge is -2.12. The molecule has 3 aromatic rings. The molecule has 172 valence electrons. The summed E-state index contributed by atoms with van der Waals surface area (Å²) in [6.07, 6.45) is 4.47. The van der Waals surface area contributed by atoms with E-state index in [4.69, 9.17) is 13.9 Å². The van der Waals surface area contributed by atoms with Crippen molar-refractivity contribution in [1.82, 2.24) is 10.6 Å². The van der Waals surface area contributed by atoms with Crippen molar-refractivity contribution in [2.75, 3.05) is 20.8 Å². The predicted molar refractivity (Wildman–Crippen MR) is 126 cm³/mol. The molecule has 0 atom stereocenters. The Labute approximate surface area is 193 Å². The van der Waals surface area contributed by atoms with Gasteiger partial charge in [-0.25, -0.2) is 0 Å². The summed E-state index contributed by atoms with van der Waals surface area (Å²) in [6.45, 7) is 2.28. The average molecular weight is 449 g/mol. The van der Waals surface area contributed by atoms with Crippen LogP contribution in [-0.4, -0.2) is 32.6 Å². The van der Waals surface area contributed by atoms with Crippen molar-refractivity contribution in [3.63, 3.8) is 0 Å². The van der Waals surface area contributed by atoms with Crippen molar-refractivity contribution in [2.24, 2.45) is 0 Å². The molecule has 2 amide bonds. The first kappa shape index (κ1) is 23.7. The lowest BCUT2D eigenvalue weighted by molar-refractivity contribution is -0.117. The summed E-state index contributed by atoms with van der Waals surface area (Å²) in [5, 5.41) is 5.59. The summed E-state index contributed by atoms with van der Waals surface area (Å²) >= 11 is 0. The topological polar surface area (TPSA) is 89.8 Å². The third-order valence-electron chi connectivity index (χ3n) is 5.09. The van der Waals surface area contributed by atoms with Crippen molar-refractivity contribution in [2.45, 2.75) is 19.8 Å². The van der Waals surface area contributed by atoms with Gasteiger partial charge < -0.3 is 24.5 Å². The molecule has 0 aliphatic heterocycles. The van der Waals surface area contributed by atoms with Crippen LogP contribution in [0, 0.1) is 6.92 Å². The largest absolute Gasteiger partial charge is 0.493 e. The van der Waals surface area contributed by atoms with Crippen molar-refractivity contribution in [3.8, 4) is 11.5 Å². The first-order valence-electron chi connectivity index (χ1n) is 10.6. The fourth-order valence-corrected chi connectivity index (χ4v) is 3.32. The van der Waals surface area contributed by atoms with E-state index in [0.717, 1.165) is 17.5 Å². The summed E-state index contributed by atoms with van der Waals surface area (Å²) in [6, 6.07) is 16.4. The van der Waals surface area contributed by atoms with Crippen LogP contribution in [0.3, 0.4) is 0 Å². The van der Waals surface area contributed by atoms with Gasteiger partial charge in [-0.05, 0) is 61.2 Å². The van der Waals surface area contributed by atoms with Gasteiger partial charge in [0.05, 0.1) is 20.5 Å². The Hall–Kier alpha value is -4.00. The number of carbonyl (C=O) groups excluding carboxylic acids is 2. The predicted octanol–water partition coefficient (Wildman–Crippen LogP) is 4.13. The zero-order valence-corrected chi connectivity index (χ0v) is 19.0. The molecule has 0 aliphatic carbocycles. The van der Waals surface area contributed by atoms with Gasteiger partial charge in [0.2, 0.25) is 0 Å². The van der Waals surface area contributed by atoms with Crippen molar-refractivity contribution in [3.05, 3.63) is 89.0 Å². The molecule has 2 aromatic carbocycles. The Bertz CT molecular complexity index is 1120. The van der Waals surface area contributed by atoms with E-state index in [1.165, 1.54) is 12.3 Å². The monoisotopic (exact) mass is 448 g/mol. The minimum absolute atomic E-state index is 0.115. The Kier molecular flexibility index (Phi) is 8.30. The average Bonchev–Trinajstić information content (AvgIpc) is 3.34. The molecule has 33 heavy (non-hydrogen) atoms. The van der Waals surface area contributed by atoms with E-state index in [0.29, 0.717) is 35.8 Å². The maximum absolute atomic E-state index is 12.8. The van der Waals surface area contributed by atoms with E-state index < -0.39 is 0 Å². The SMILES string of the molecule is COc1ccc(CCCNC(=O)/C(=C/c2ccco2)NC(=O)c2ccccc2C)cc1OC. The fraction of sp³-hybridized carbons (Fsp3) is 0.231. The van der Waals surface area contributed by atoms with Crippen LogP contribution >= 0.6 is 0 Å². The summed E-state index contributed by atoms with van der Waals surface area (Å²) in [5.41, 5.74) is 2.51. The molecule has 0 radical (unpaired) electrons. The van der Waals surface area contributed by atoms with Crippen LogP contribution in [0.4, 0.5) is 0 Å². The lowest BCUT2D eigenvalue weighted by atomic mass is 10.1. The van der Waals surface area contributed by atoms with E-state index in [2.05, 4.69) is 10.6 Å². The van der Waals surface area contributed by atoms with Crippen LogP contribution in [0.25, 0.3) is 6.08 Å². The fourth-order valence-electron chi connectivity index (χ4n) is 3.32. The molecule has 0 bridgehead atoms. The van der Waals surface area contributed by atoms with Gasteiger partial charge in [0.1, 0.15) is 11.5 Å². The molecule has 0 saturated carbocycles. The van der Waals surface area contributed by atoms with Gasteiger partial charge in [0.25, 0.3) is 11.8 Å². The van der Waals surface area contributed by atoms with Gasteiger partial charge in [-0.1, -0.05) is 24.3 Å². The van der Waals surface area contributed by atoms with Gasteiger partial charge in [0.15, 0.2) is 11.5 Å². The first-order valence-corrected chi connectivity index (χ1v) is 10.6. The molecular formula is C26H28N2O5. The highest BCUT2D eigenvalue weighted by Crippen LogP contribution is 2.27. The molecule has 0 spiro atoms. The minimum Gasteiger partial charge on any atom is -0.493 e. The summed E-state index contributed by atoms with van der Waals surface area (Å²) in [4.78, 5) is 25.6. The molecular weight excluding hydrogens is 420 g/mol. The lowest BCUT2D eigenvalue weighted by Crippen LogP contribution is -2.35. The molecule has 2 N–H and O–H groups in total. The van der Waals surface area contributed by atoms with Gasteiger partial charge in [-0.3, -0.25) is 9.59 Å². The maximum atomic E-state index is 12.8. The summed E-state index contributed by atoms with van der Waals surface area (Å²) in [5.74, 6) is 1.07. The minimum atomic E-state index is -0.388. The number of hydrogen-bond acceptors (Lipinski definition) is 5. The number of benzene rings is 2. The van der Waals surface area contributed by atoms with Gasteiger partial charge in [-0.2, -0.15) is 0 Å². The van der Waals surface area contributed by atoms with Crippen molar-refractivity contribution < 1.29 is 23.5 Å². The molecule has 7 nitrogen and oxygen atoms in total. The van der Waals surface area contributed by atoms with E-state index in [9.17, 15) is 9.59 Å². The standard InChI is InChI=1S/C26H28N2O5/c1-18-8-4-5-11-21(18)25(29)28-22(17-20-10-7-15-33-20)26(30)27-14-6-9-19-12-13-23(31-2)24(16-19)32-3/h4-5,7-8,10-13,15-17H,6,9,14H2,1-3H3,(H,27,30)(H,28,29)/b22-17-. The number of furan rings is 1.